The van der Waals surface area contributed by atoms with Gasteiger partial charge < -0.3 is 14.8 Å². The SMILES string of the molecule is CCCOCCOCCNC(=O)c1ccc(C(=O)C(C)C)cc1. The average Bonchev–Trinajstić information content (AvgIpc) is 2.56. The molecule has 0 aliphatic rings. The number of Topliss-reactive ketones (excluding diaryl/α,β-unsaturated/α-hetero) is 1. The first-order valence-electron chi connectivity index (χ1n) is 8.14. The Bertz CT molecular complexity index is 482. The van der Waals surface area contributed by atoms with Crippen LogP contribution in [0.2, 0.25) is 0 Å². The summed E-state index contributed by atoms with van der Waals surface area (Å²) in [4.78, 5) is 23.8. The van der Waals surface area contributed by atoms with E-state index < -0.39 is 0 Å². The third kappa shape index (κ3) is 7.39. The van der Waals surface area contributed by atoms with Crippen LogP contribution in [0.4, 0.5) is 0 Å². The maximum atomic E-state index is 12.0. The summed E-state index contributed by atoms with van der Waals surface area (Å²) in [5.74, 6) is -0.136. The lowest BCUT2D eigenvalue weighted by Crippen LogP contribution is -2.27. The molecular weight excluding hydrogens is 294 g/mol. The van der Waals surface area contributed by atoms with Crippen LogP contribution in [0.5, 0.6) is 0 Å². The van der Waals surface area contributed by atoms with Crippen molar-refractivity contribution in [1.82, 2.24) is 5.32 Å². The predicted molar refractivity (Wildman–Crippen MR) is 89.9 cm³/mol. The minimum atomic E-state index is -0.167. The molecule has 1 amide bonds. The van der Waals surface area contributed by atoms with Crippen LogP contribution in [0.25, 0.3) is 0 Å². The maximum absolute atomic E-state index is 12.0. The lowest BCUT2D eigenvalue weighted by atomic mass is 10.00. The van der Waals surface area contributed by atoms with E-state index in [-0.39, 0.29) is 17.6 Å². The van der Waals surface area contributed by atoms with E-state index in [1.165, 1.54) is 0 Å². The summed E-state index contributed by atoms with van der Waals surface area (Å²) in [7, 11) is 0. The summed E-state index contributed by atoms with van der Waals surface area (Å²) in [5.41, 5.74) is 1.17. The number of rotatable bonds is 11. The van der Waals surface area contributed by atoms with Crippen LogP contribution in [0.15, 0.2) is 24.3 Å². The third-order valence-corrected chi connectivity index (χ3v) is 3.21. The highest BCUT2D eigenvalue weighted by molar-refractivity contribution is 5.99. The van der Waals surface area contributed by atoms with Gasteiger partial charge in [-0.25, -0.2) is 0 Å². The normalized spacial score (nSPS) is 10.8. The number of benzene rings is 1. The lowest BCUT2D eigenvalue weighted by molar-refractivity contribution is 0.0485. The van der Waals surface area contributed by atoms with Crippen molar-refractivity contribution >= 4 is 11.7 Å². The summed E-state index contributed by atoms with van der Waals surface area (Å²) >= 11 is 0. The van der Waals surface area contributed by atoms with Gasteiger partial charge in [0.25, 0.3) is 5.91 Å². The molecule has 0 spiro atoms. The summed E-state index contributed by atoms with van der Waals surface area (Å²) in [6.07, 6.45) is 0.998. The molecule has 0 unspecified atom stereocenters. The molecule has 0 heterocycles. The Labute approximate surface area is 138 Å². The van der Waals surface area contributed by atoms with Gasteiger partial charge in [0.15, 0.2) is 5.78 Å². The summed E-state index contributed by atoms with van der Waals surface area (Å²) in [5, 5.41) is 2.78. The zero-order valence-electron chi connectivity index (χ0n) is 14.3. The minimum Gasteiger partial charge on any atom is -0.379 e. The molecule has 5 heteroatoms. The van der Waals surface area contributed by atoms with E-state index in [1.54, 1.807) is 24.3 Å². The number of ether oxygens (including phenoxy) is 2. The Hall–Kier alpha value is -1.72. The molecule has 128 valence electrons. The number of hydrogen-bond acceptors (Lipinski definition) is 4. The van der Waals surface area contributed by atoms with E-state index in [1.807, 2.05) is 13.8 Å². The van der Waals surface area contributed by atoms with Crippen molar-refractivity contribution in [2.45, 2.75) is 27.2 Å². The van der Waals surface area contributed by atoms with Crippen molar-refractivity contribution in [2.24, 2.45) is 5.92 Å². The number of nitrogens with one attached hydrogen (secondary N) is 1. The lowest BCUT2D eigenvalue weighted by Gasteiger charge is -2.08. The highest BCUT2D eigenvalue weighted by Gasteiger charge is 2.11. The molecule has 1 rings (SSSR count). The Morgan fingerprint density at radius 2 is 1.52 bits per heavy atom. The number of hydrogen-bond donors (Lipinski definition) is 1. The van der Waals surface area contributed by atoms with Crippen LogP contribution in [-0.2, 0) is 9.47 Å². The fourth-order valence-electron chi connectivity index (χ4n) is 1.92. The molecule has 1 N–H and O–H groups in total. The maximum Gasteiger partial charge on any atom is 0.251 e. The number of carbonyl (C=O) groups is 2. The van der Waals surface area contributed by atoms with Crippen molar-refractivity contribution in [3.63, 3.8) is 0 Å². The Morgan fingerprint density at radius 1 is 0.957 bits per heavy atom. The third-order valence-electron chi connectivity index (χ3n) is 3.21. The van der Waals surface area contributed by atoms with Gasteiger partial charge in [0.05, 0.1) is 19.8 Å². The average molecular weight is 321 g/mol. The van der Waals surface area contributed by atoms with Crippen molar-refractivity contribution in [3.05, 3.63) is 35.4 Å². The molecule has 0 radical (unpaired) electrons. The van der Waals surface area contributed by atoms with E-state index in [9.17, 15) is 9.59 Å². The highest BCUT2D eigenvalue weighted by Crippen LogP contribution is 2.10. The summed E-state index contributed by atoms with van der Waals surface area (Å²) < 4.78 is 10.6. The molecule has 23 heavy (non-hydrogen) atoms. The smallest absolute Gasteiger partial charge is 0.251 e. The fourth-order valence-corrected chi connectivity index (χ4v) is 1.92. The van der Waals surface area contributed by atoms with E-state index >= 15 is 0 Å². The van der Waals surface area contributed by atoms with Crippen LogP contribution in [0.3, 0.4) is 0 Å². The molecule has 0 atom stereocenters. The largest absolute Gasteiger partial charge is 0.379 e. The second kappa shape index (κ2) is 10.9. The van der Waals surface area contributed by atoms with Gasteiger partial charge in [-0.2, -0.15) is 0 Å². The monoisotopic (exact) mass is 321 g/mol. The molecule has 1 aromatic rings. The second-order valence-corrected chi connectivity index (χ2v) is 5.58. The molecule has 0 aliphatic carbocycles. The van der Waals surface area contributed by atoms with Crippen LogP contribution in [-0.4, -0.2) is 44.7 Å². The van der Waals surface area contributed by atoms with Crippen LogP contribution in [0.1, 0.15) is 47.9 Å². The molecule has 1 aromatic carbocycles. The minimum absolute atomic E-state index is 0.0480. The fraction of sp³-hybridized carbons (Fsp3) is 0.556. The highest BCUT2D eigenvalue weighted by atomic mass is 16.5. The Balaban J connectivity index is 2.26. The van der Waals surface area contributed by atoms with Crippen molar-refractivity contribution in [1.29, 1.82) is 0 Å². The number of carbonyl (C=O) groups excluding carboxylic acids is 2. The standard InChI is InChI=1S/C18H27NO4/c1-4-10-22-12-13-23-11-9-19-18(21)16-7-5-15(6-8-16)17(20)14(2)3/h5-8,14H,4,9-13H2,1-3H3,(H,19,21). The second-order valence-electron chi connectivity index (χ2n) is 5.58. The first-order chi connectivity index (χ1) is 11.1. The number of amides is 1. The Kier molecular flexibility index (Phi) is 9.17. The zero-order chi connectivity index (χ0) is 17.1. The summed E-state index contributed by atoms with van der Waals surface area (Å²) in [6, 6.07) is 6.73. The molecular formula is C18H27NO4. The van der Waals surface area contributed by atoms with Gasteiger partial charge in [0.1, 0.15) is 0 Å². The predicted octanol–water partition coefficient (Wildman–Crippen LogP) is 2.70. The molecule has 0 saturated heterocycles. The van der Waals surface area contributed by atoms with Crippen molar-refractivity contribution < 1.29 is 19.1 Å². The van der Waals surface area contributed by atoms with Crippen LogP contribution in [0, 0.1) is 5.92 Å². The first-order valence-corrected chi connectivity index (χ1v) is 8.14. The van der Waals surface area contributed by atoms with Gasteiger partial charge in [-0.15, -0.1) is 0 Å². The van der Waals surface area contributed by atoms with Gasteiger partial charge in [-0.05, 0) is 18.6 Å². The quantitative estimate of drug-likeness (QED) is 0.503. The van der Waals surface area contributed by atoms with Gasteiger partial charge in [-0.1, -0.05) is 32.9 Å². The van der Waals surface area contributed by atoms with Crippen molar-refractivity contribution in [3.8, 4) is 0 Å². The van der Waals surface area contributed by atoms with E-state index in [2.05, 4.69) is 12.2 Å². The van der Waals surface area contributed by atoms with Crippen LogP contribution >= 0.6 is 0 Å². The zero-order valence-corrected chi connectivity index (χ0v) is 14.3. The summed E-state index contributed by atoms with van der Waals surface area (Å²) in [6.45, 7) is 8.52. The van der Waals surface area contributed by atoms with E-state index in [0.717, 1.165) is 13.0 Å². The van der Waals surface area contributed by atoms with Crippen LogP contribution < -0.4 is 5.32 Å². The Morgan fingerprint density at radius 3 is 2.09 bits per heavy atom. The number of ketones is 1. The molecule has 0 saturated carbocycles. The van der Waals surface area contributed by atoms with Crippen molar-refractivity contribution in [2.75, 3.05) is 33.0 Å². The van der Waals surface area contributed by atoms with Gasteiger partial charge in [0, 0.05) is 30.2 Å². The van der Waals surface area contributed by atoms with Gasteiger partial charge >= 0.3 is 0 Å². The molecule has 0 aliphatic heterocycles. The first kappa shape index (κ1) is 19.3. The molecule has 0 fully saturated rings. The molecule has 0 aromatic heterocycles. The molecule has 0 bridgehead atoms. The van der Waals surface area contributed by atoms with Gasteiger partial charge in [-0.3, -0.25) is 9.59 Å². The van der Waals surface area contributed by atoms with E-state index in [4.69, 9.17) is 9.47 Å². The topological polar surface area (TPSA) is 64.6 Å². The molecule has 5 nitrogen and oxygen atoms in total. The van der Waals surface area contributed by atoms with Gasteiger partial charge in [0.2, 0.25) is 0 Å². The van der Waals surface area contributed by atoms with E-state index in [0.29, 0.717) is 37.5 Å².